The van der Waals surface area contributed by atoms with Gasteiger partial charge >= 0.3 is 0 Å². The van der Waals surface area contributed by atoms with E-state index in [1.165, 1.54) is 0 Å². The first-order chi connectivity index (χ1) is 12.8. The van der Waals surface area contributed by atoms with Crippen LogP contribution in [-0.2, 0) is 16.1 Å². The summed E-state index contributed by atoms with van der Waals surface area (Å²) >= 11 is 0. The molecule has 0 radical (unpaired) electrons. The van der Waals surface area contributed by atoms with Gasteiger partial charge in [0.25, 0.3) is 5.91 Å². The molecule has 4 rings (SSSR count). The minimum absolute atomic E-state index is 0.168. The molecule has 0 unspecified atom stereocenters. The molecule has 1 spiro atoms. The first kappa shape index (κ1) is 17.1. The van der Waals surface area contributed by atoms with Gasteiger partial charge in [-0.2, -0.15) is 0 Å². The summed E-state index contributed by atoms with van der Waals surface area (Å²) in [6.45, 7) is 3.37. The zero-order chi connectivity index (χ0) is 17.8. The normalized spacial score (nSPS) is 18.5. The van der Waals surface area contributed by atoms with Gasteiger partial charge in [0.05, 0.1) is 24.6 Å². The van der Waals surface area contributed by atoms with Crippen molar-refractivity contribution in [1.29, 1.82) is 0 Å². The highest BCUT2D eigenvalue weighted by Gasteiger charge is 2.46. The molecule has 5 nitrogen and oxygen atoms in total. The molecule has 0 aromatic heterocycles. The minimum Gasteiger partial charge on any atom is -0.375 e. The summed E-state index contributed by atoms with van der Waals surface area (Å²) in [6.07, 6.45) is 1.61. The summed E-state index contributed by atoms with van der Waals surface area (Å²) in [5.41, 5.74) is 2.65. The first-order valence-electron chi connectivity index (χ1n) is 9.30. The Kier molecular flexibility index (Phi) is 4.91. The van der Waals surface area contributed by atoms with Crippen LogP contribution >= 0.6 is 0 Å². The second-order valence-electron chi connectivity index (χ2n) is 6.97. The van der Waals surface area contributed by atoms with Crippen molar-refractivity contribution < 1.29 is 9.53 Å². The first-order valence-corrected chi connectivity index (χ1v) is 9.30. The van der Waals surface area contributed by atoms with Crippen molar-refractivity contribution >= 4 is 17.3 Å². The van der Waals surface area contributed by atoms with Gasteiger partial charge in [0, 0.05) is 6.54 Å². The van der Waals surface area contributed by atoms with Crippen molar-refractivity contribution in [2.24, 2.45) is 0 Å². The van der Waals surface area contributed by atoms with Crippen molar-refractivity contribution in [3.63, 3.8) is 0 Å². The molecule has 0 aliphatic carbocycles. The number of ether oxygens (including phenoxy) is 1. The van der Waals surface area contributed by atoms with E-state index in [1.54, 1.807) is 0 Å². The van der Waals surface area contributed by atoms with Gasteiger partial charge in [-0.05, 0) is 43.6 Å². The summed E-state index contributed by atoms with van der Waals surface area (Å²) in [5.74, 6) is 0.168. The van der Waals surface area contributed by atoms with Gasteiger partial charge in [0.2, 0.25) is 0 Å². The van der Waals surface area contributed by atoms with E-state index in [1.807, 2.05) is 41.3 Å². The van der Waals surface area contributed by atoms with Crippen LogP contribution in [0.1, 0.15) is 18.4 Å². The van der Waals surface area contributed by atoms with Gasteiger partial charge < -0.3 is 20.3 Å². The minimum atomic E-state index is -0.487. The monoisotopic (exact) mass is 351 g/mol. The second kappa shape index (κ2) is 7.48. The quantitative estimate of drug-likeness (QED) is 0.814. The number of piperidine rings is 1. The molecule has 2 aromatic rings. The van der Waals surface area contributed by atoms with Crippen LogP contribution in [-0.4, -0.2) is 37.7 Å². The number of nitrogens with zero attached hydrogens (tertiary/aromatic N) is 1. The van der Waals surface area contributed by atoms with Crippen LogP contribution in [0.3, 0.4) is 0 Å². The molecular formula is C21H25N3O2. The molecule has 2 aliphatic rings. The molecule has 1 amide bonds. The van der Waals surface area contributed by atoms with Crippen LogP contribution in [0.4, 0.5) is 11.4 Å². The fraction of sp³-hybridized carbons (Fsp3) is 0.381. The lowest BCUT2D eigenvalue weighted by Gasteiger charge is -2.45. The Bertz CT molecular complexity index is 757. The molecule has 0 atom stereocenters. The summed E-state index contributed by atoms with van der Waals surface area (Å²) in [7, 11) is 0. The number of nitrogens with one attached hydrogen (secondary N) is 2. The topological polar surface area (TPSA) is 53.6 Å². The number of anilines is 2. The Hall–Kier alpha value is -2.37. The maximum atomic E-state index is 13.3. The third-order valence-corrected chi connectivity index (χ3v) is 5.25. The number of rotatable bonds is 5. The number of hydrogen-bond acceptors (Lipinski definition) is 4. The Morgan fingerprint density at radius 3 is 2.54 bits per heavy atom. The van der Waals surface area contributed by atoms with Crippen LogP contribution in [0.25, 0.3) is 0 Å². The molecule has 136 valence electrons. The fourth-order valence-corrected chi connectivity index (χ4v) is 3.83. The average molecular weight is 351 g/mol. The van der Waals surface area contributed by atoms with Gasteiger partial charge in [-0.1, -0.05) is 42.5 Å². The van der Waals surface area contributed by atoms with Gasteiger partial charge in [-0.25, -0.2) is 0 Å². The van der Waals surface area contributed by atoms with Crippen LogP contribution < -0.4 is 15.5 Å². The number of carbonyl (C=O) groups excluding carboxylic acids is 1. The van der Waals surface area contributed by atoms with Crippen molar-refractivity contribution in [2.75, 3.05) is 36.5 Å². The average Bonchev–Trinajstić information content (AvgIpc) is 2.69. The molecule has 5 heteroatoms. The van der Waals surface area contributed by atoms with Crippen molar-refractivity contribution in [2.45, 2.75) is 25.0 Å². The second-order valence-corrected chi connectivity index (χ2v) is 6.97. The van der Waals surface area contributed by atoms with Gasteiger partial charge in [-0.15, -0.1) is 0 Å². The van der Waals surface area contributed by atoms with Crippen LogP contribution in [0.2, 0.25) is 0 Å². The molecule has 2 aromatic carbocycles. The van der Waals surface area contributed by atoms with E-state index in [0.717, 1.165) is 42.9 Å². The molecular weight excluding hydrogens is 326 g/mol. The number of benzene rings is 2. The zero-order valence-corrected chi connectivity index (χ0v) is 14.9. The summed E-state index contributed by atoms with van der Waals surface area (Å²) < 4.78 is 5.83. The number of amides is 1. The van der Waals surface area contributed by atoms with Crippen LogP contribution in [0.15, 0.2) is 54.6 Å². The maximum absolute atomic E-state index is 13.3. The van der Waals surface area contributed by atoms with E-state index >= 15 is 0 Å². The van der Waals surface area contributed by atoms with E-state index in [-0.39, 0.29) is 5.91 Å². The molecule has 1 fully saturated rings. The lowest BCUT2D eigenvalue weighted by molar-refractivity contribution is -0.124. The van der Waals surface area contributed by atoms with E-state index in [4.69, 9.17) is 4.74 Å². The number of hydrogen-bond donors (Lipinski definition) is 2. The molecule has 2 heterocycles. The van der Waals surface area contributed by atoms with Gasteiger partial charge in [-0.3, -0.25) is 4.79 Å². The predicted molar refractivity (Wildman–Crippen MR) is 103 cm³/mol. The van der Waals surface area contributed by atoms with Crippen molar-refractivity contribution in [3.8, 4) is 0 Å². The van der Waals surface area contributed by atoms with E-state index in [9.17, 15) is 4.79 Å². The molecule has 2 aliphatic heterocycles. The van der Waals surface area contributed by atoms with Gasteiger partial charge in [0.1, 0.15) is 5.54 Å². The highest BCUT2D eigenvalue weighted by Crippen LogP contribution is 2.38. The third kappa shape index (κ3) is 3.32. The van der Waals surface area contributed by atoms with Crippen LogP contribution in [0, 0.1) is 0 Å². The molecule has 2 N–H and O–H groups in total. The lowest BCUT2D eigenvalue weighted by atomic mass is 9.84. The van der Waals surface area contributed by atoms with Crippen molar-refractivity contribution in [1.82, 2.24) is 5.32 Å². The summed E-state index contributed by atoms with van der Waals surface area (Å²) in [4.78, 5) is 15.2. The number of carbonyl (C=O) groups is 1. The van der Waals surface area contributed by atoms with E-state index in [2.05, 4.69) is 28.8 Å². The maximum Gasteiger partial charge on any atom is 0.252 e. The van der Waals surface area contributed by atoms with Crippen molar-refractivity contribution in [3.05, 3.63) is 60.2 Å². The Morgan fingerprint density at radius 1 is 1.00 bits per heavy atom. The standard InChI is InChI=1S/C21H25N3O2/c25-20-21(10-12-22-13-11-21)23-18-8-4-5-9-19(18)24(20)14-15-26-16-17-6-2-1-3-7-17/h1-9,22-23H,10-16H2. The largest absolute Gasteiger partial charge is 0.375 e. The molecule has 0 bridgehead atoms. The highest BCUT2D eigenvalue weighted by molar-refractivity contribution is 6.08. The molecule has 26 heavy (non-hydrogen) atoms. The molecule has 1 saturated heterocycles. The Balaban J connectivity index is 1.47. The number of fused-ring (bicyclic) bond motifs is 1. The predicted octanol–water partition coefficient (Wildman–Crippen LogP) is 2.78. The highest BCUT2D eigenvalue weighted by atomic mass is 16.5. The summed E-state index contributed by atoms with van der Waals surface area (Å²) in [5, 5.41) is 6.89. The van der Waals surface area contributed by atoms with E-state index < -0.39 is 5.54 Å². The van der Waals surface area contributed by atoms with Crippen LogP contribution in [0.5, 0.6) is 0 Å². The Morgan fingerprint density at radius 2 is 1.73 bits per heavy atom. The van der Waals surface area contributed by atoms with Gasteiger partial charge in [0.15, 0.2) is 0 Å². The third-order valence-electron chi connectivity index (χ3n) is 5.25. The lowest BCUT2D eigenvalue weighted by Crippen LogP contribution is -2.61. The number of para-hydroxylation sites is 2. The SMILES string of the molecule is O=C1N(CCOCc2ccccc2)c2ccccc2NC12CCNCC2. The fourth-order valence-electron chi connectivity index (χ4n) is 3.83. The summed E-state index contributed by atoms with van der Waals surface area (Å²) in [6, 6.07) is 18.2. The Labute approximate surface area is 154 Å². The van der Waals surface area contributed by atoms with E-state index in [0.29, 0.717) is 19.8 Å². The smallest absolute Gasteiger partial charge is 0.252 e. The zero-order valence-electron chi connectivity index (χ0n) is 14.9. The molecule has 0 saturated carbocycles.